The highest BCUT2D eigenvalue weighted by Gasteiger charge is 2.27. The van der Waals surface area contributed by atoms with Gasteiger partial charge in [0.25, 0.3) is 5.91 Å². The Balaban J connectivity index is 1.52. The molecule has 0 atom stereocenters. The number of hydrogen-bond acceptors (Lipinski definition) is 5. The molecule has 0 unspecified atom stereocenters. The van der Waals surface area contributed by atoms with Crippen molar-refractivity contribution in [1.29, 1.82) is 0 Å². The molecule has 1 aliphatic rings. The van der Waals surface area contributed by atoms with E-state index in [1.807, 2.05) is 0 Å². The zero-order valence-electron chi connectivity index (χ0n) is 13.6. The SMILES string of the molecule is O=C(c1cc(=O)c2ccccc2o1)N1CCC(c2cnccn2)CC1. The highest BCUT2D eigenvalue weighted by Crippen LogP contribution is 2.27. The molecule has 3 aromatic rings. The molecule has 4 rings (SSSR count). The van der Waals surface area contributed by atoms with Crippen LogP contribution in [0.3, 0.4) is 0 Å². The molecule has 25 heavy (non-hydrogen) atoms. The molecule has 0 bridgehead atoms. The number of carbonyl (C=O) groups excluding carboxylic acids is 1. The molecule has 2 aromatic heterocycles. The summed E-state index contributed by atoms with van der Waals surface area (Å²) in [7, 11) is 0. The molecule has 0 aliphatic carbocycles. The Morgan fingerprint density at radius 1 is 1.16 bits per heavy atom. The zero-order chi connectivity index (χ0) is 17.2. The minimum Gasteiger partial charge on any atom is -0.451 e. The number of amides is 1. The minimum absolute atomic E-state index is 0.0988. The maximum Gasteiger partial charge on any atom is 0.289 e. The van der Waals surface area contributed by atoms with E-state index >= 15 is 0 Å². The van der Waals surface area contributed by atoms with Crippen molar-refractivity contribution in [3.05, 3.63) is 70.6 Å². The van der Waals surface area contributed by atoms with Crippen molar-refractivity contribution < 1.29 is 9.21 Å². The molecule has 0 spiro atoms. The number of hydrogen-bond donors (Lipinski definition) is 0. The Bertz CT molecular complexity index is 960. The predicted molar refractivity (Wildman–Crippen MR) is 92.4 cm³/mol. The standard InChI is InChI=1S/C19H17N3O3/c23-16-11-18(25-17-4-2-1-3-14(16)17)19(24)22-9-5-13(6-10-22)15-12-20-7-8-21-15/h1-4,7-8,11-13H,5-6,9-10H2. The third kappa shape index (κ3) is 3.03. The van der Waals surface area contributed by atoms with Crippen LogP contribution in [0.2, 0.25) is 0 Å². The average Bonchev–Trinajstić information content (AvgIpc) is 2.68. The molecule has 1 aliphatic heterocycles. The molecule has 0 N–H and O–H groups in total. The number of fused-ring (bicyclic) bond motifs is 1. The van der Waals surface area contributed by atoms with Crippen molar-refractivity contribution in [3.8, 4) is 0 Å². The third-order valence-electron chi connectivity index (χ3n) is 4.63. The topological polar surface area (TPSA) is 76.3 Å². The summed E-state index contributed by atoms with van der Waals surface area (Å²) in [6.45, 7) is 1.22. The first kappa shape index (κ1) is 15.5. The molecule has 1 amide bonds. The largest absolute Gasteiger partial charge is 0.451 e. The summed E-state index contributed by atoms with van der Waals surface area (Å²) in [5, 5.41) is 0.486. The van der Waals surface area contributed by atoms with Gasteiger partial charge in [-0.05, 0) is 25.0 Å². The highest BCUT2D eigenvalue weighted by atomic mass is 16.3. The fraction of sp³-hybridized carbons (Fsp3) is 0.263. The van der Waals surface area contributed by atoms with Gasteiger partial charge >= 0.3 is 0 Å². The quantitative estimate of drug-likeness (QED) is 0.719. The van der Waals surface area contributed by atoms with Gasteiger partial charge in [0, 0.05) is 43.7 Å². The monoisotopic (exact) mass is 335 g/mol. The van der Waals surface area contributed by atoms with Gasteiger partial charge in [-0.3, -0.25) is 19.6 Å². The van der Waals surface area contributed by atoms with E-state index in [-0.39, 0.29) is 17.1 Å². The molecule has 6 nitrogen and oxygen atoms in total. The lowest BCUT2D eigenvalue weighted by molar-refractivity contribution is 0.0680. The van der Waals surface area contributed by atoms with Crippen molar-refractivity contribution in [3.63, 3.8) is 0 Å². The predicted octanol–water partition coefficient (Wildman–Crippen LogP) is 2.60. The lowest BCUT2D eigenvalue weighted by Crippen LogP contribution is -2.38. The summed E-state index contributed by atoms with van der Waals surface area (Å²) in [6.07, 6.45) is 6.77. The molecule has 0 saturated carbocycles. The van der Waals surface area contributed by atoms with Gasteiger partial charge in [-0.15, -0.1) is 0 Å². The van der Waals surface area contributed by atoms with Crippen LogP contribution in [0.15, 0.2) is 58.1 Å². The van der Waals surface area contributed by atoms with Crippen LogP contribution >= 0.6 is 0 Å². The molecule has 0 radical (unpaired) electrons. The number of benzene rings is 1. The van der Waals surface area contributed by atoms with E-state index in [1.54, 1.807) is 47.8 Å². The second-order valence-corrected chi connectivity index (χ2v) is 6.17. The maximum absolute atomic E-state index is 12.7. The molecule has 3 heterocycles. The van der Waals surface area contributed by atoms with Gasteiger partial charge in [-0.1, -0.05) is 12.1 Å². The maximum atomic E-state index is 12.7. The minimum atomic E-state index is -0.236. The Labute approximate surface area is 144 Å². The van der Waals surface area contributed by atoms with E-state index in [0.29, 0.717) is 30.0 Å². The van der Waals surface area contributed by atoms with Crippen molar-refractivity contribution in [2.45, 2.75) is 18.8 Å². The summed E-state index contributed by atoms with van der Waals surface area (Å²) < 4.78 is 5.66. The van der Waals surface area contributed by atoms with Crippen molar-refractivity contribution in [2.75, 3.05) is 13.1 Å². The summed E-state index contributed by atoms with van der Waals surface area (Å²) in [5.41, 5.74) is 1.21. The van der Waals surface area contributed by atoms with Gasteiger partial charge in [-0.25, -0.2) is 0 Å². The van der Waals surface area contributed by atoms with Crippen molar-refractivity contribution in [2.24, 2.45) is 0 Å². The third-order valence-corrected chi connectivity index (χ3v) is 4.63. The van der Waals surface area contributed by atoms with Crippen LogP contribution in [0, 0.1) is 0 Å². The van der Waals surface area contributed by atoms with E-state index in [2.05, 4.69) is 9.97 Å². The van der Waals surface area contributed by atoms with Crippen LogP contribution in [-0.4, -0.2) is 33.9 Å². The first-order valence-electron chi connectivity index (χ1n) is 8.30. The van der Waals surface area contributed by atoms with Crippen molar-refractivity contribution in [1.82, 2.24) is 14.9 Å². The Morgan fingerprint density at radius 2 is 1.96 bits per heavy atom. The number of piperidine rings is 1. The number of para-hydroxylation sites is 1. The van der Waals surface area contributed by atoms with Gasteiger partial charge < -0.3 is 9.32 Å². The van der Waals surface area contributed by atoms with E-state index < -0.39 is 0 Å². The zero-order valence-corrected chi connectivity index (χ0v) is 13.6. The van der Waals surface area contributed by atoms with E-state index in [9.17, 15) is 9.59 Å². The Hall–Kier alpha value is -3.02. The first-order valence-corrected chi connectivity index (χ1v) is 8.30. The van der Waals surface area contributed by atoms with Gasteiger partial charge in [0.15, 0.2) is 11.2 Å². The Morgan fingerprint density at radius 3 is 2.72 bits per heavy atom. The highest BCUT2D eigenvalue weighted by molar-refractivity contribution is 5.93. The normalized spacial score (nSPS) is 15.4. The molecule has 6 heteroatoms. The molecular weight excluding hydrogens is 318 g/mol. The lowest BCUT2D eigenvalue weighted by atomic mass is 9.93. The second-order valence-electron chi connectivity index (χ2n) is 6.17. The molecule has 1 saturated heterocycles. The van der Waals surface area contributed by atoms with Crippen LogP contribution in [-0.2, 0) is 0 Å². The van der Waals surface area contributed by atoms with E-state index in [0.717, 1.165) is 18.5 Å². The fourth-order valence-electron chi connectivity index (χ4n) is 3.26. The average molecular weight is 335 g/mol. The number of likely N-dealkylation sites (tertiary alicyclic amines) is 1. The summed E-state index contributed by atoms with van der Waals surface area (Å²) in [6, 6.07) is 8.25. The van der Waals surface area contributed by atoms with Crippen LogP contribution in [0.1, 0.15) is 35.0 Å². The van der Waals surface area contributed by atoms with Gasteiger partial charge in [0.05, 0.1) is 11.1 Å². The van der Waals surface area contributed by atoms with Crippen LogP contribution < -0.4 is 5.43 Å². The number of nitrogens with zero attached hydrogens (tertiary/aromatic N) is 3. The van der Waals surface area contributed by atoms with E-state index in [1.165, 1.54) is 6.07 Å². The van der Waals surface area contributed by atoms with E-state index in [4.69, 9.17) is 4.42 Å². The van der Waals surface area contributed by atoms with Crippen LogP contribution in [0.5, 0.6) is 0 Å². The van der Waals surface area contributed by atoms with Crippen LogP contribution in [0.4, 0.5) is 0 Å². The smallest absolute Gasteiger partial charge is 0.289 e. The lowest BCUT2D eigenvalue weighted by Gasteiger charge is -2.31. The molecule has 126 valence electrons. The fourth-order valence-corrected chi connectivity index (χ4v) is 3.26. The Kier molecular flexibility index (Phi) is 4.01. The van der Waals surface area contributed by atoms with Crippen molar-refractivity contribution >= 4 is 16.9 Å². The number of aromatic nitrogens is 2. The summed E-state index contributed by atoms with van der Waals surface area (Å²) >= 11 is 0. The first-order chi connectivity index (χ1) is 12.2. The number of rotatable bonds is 2. The summed E-state index contributed by atoms with van der Waals surface area (Å²) in [5.74, 6) is 0.170. The van der Waals surface area contributed by atoms with Gasteiger partial charge in [-0.2, -0.15) is 0 Å². The number of carbonyl (C=O) groups is 1. The summed E-state index contributed by atoms with van der Waals surface area (Å²) in [4.78, 5) is 35.1. The van der Waals surface area contributed by atoms with Gasteiger partial charge in [0.1, 0.15) is 5.58 Å². The van der Waals surface area contributed by atoms with Crippen LogP contribution in [0.25, 0.3) is 11.0 Å². The molecule has 1 fully saturated rings. The molecular formula is C19H17N3O3. The second kappa shape index (κ2) is 6.47. The molecule has 1 aromatic carbocycles. The van der Waals surface area contributed by atoms with Gasteiger partial charge in [0.2, 0.25) is 0 Å².